The molecule has 0 unspecified atom stereocenters. The lowest BCUT2D eigenvalue weighted by molar-refractivity contribution is -0.0498. The summed E-state index contributed by atoms with van der Waals surface area (Å²) in [7, 11) is 0. The molecular weight excluding hydrogens is 284 g/mol. The highest BCUT2D eigenvalue weighted by atomic mass is 32.1. The molecular formula is C13H11F2N3OS. The average Bonchev–Trinajstić information content (AvgIpc) is 2.41. The van der Waals surface area contributed by atoms with Gasteiger partial charge in [-0.2, -0.15) is 8.78 Å². The zero-order valence-corrected chi connectivity index (χ0v) is 11.0. The van der Waals surface area contributed by atoms with E-state index in [2.05, 4.69) is 15.0 Å². The van der Waals surface area contributed by atoms with Crippen molar-refractivity contribution in [3.05, 3.63) is 48.2 Å². The number of pyridine rings is 1. The van der Waals surface area contributed by atoms with E-state index in [1.807, 2.05) is 0 Å². The molecule has 0 bridgehead atoms. The van der Waals surface area contributed by atoms with E-state index >= 15 is 0 Å². The Morgan fingerprint density at radius 2 is 1.95 bits per heavy atom. The summed E-state index contributed by atoms with van der Waals surface area (Å²) in [6.07, 6.45) is 1.60. The number of anilines is 2. The number of aromatic nitrogens is 1. The minimum absolute atomic E-state index is 0.0844. The Kier molecular flexibility index (Phi) is 4.41. The van der Waals surface area contributed by atoms with E-state index in [0.717, 1.165) is 0 Å². The first-order valence-corrected chi connectivity index (χ1v) is 6.04. The van der Waals surface area contributed by atoms with Crippen LogP contribution in [0.5, 0.6) is 5.75 Å². The van der Waals surface area contributed by atoms with Gasteiger partial charge in [-0.15, -0.1) is 0 Å². The van der Waals surface area contributed by atoms with Gasteiger partial charge in [-0.05, 0) is 36.4 Å². The highest BCUT2D eigenvalue weighted by molar-refractivity contribution is 7.80. The molecule has 0 aliphatic carbocycles. The van der Waals surface area contributed by atoms with Crippen LogP contribution in [0.3, 0.4) is 0 Å². The Hall–Kier alpha value is -2.28. The molecule has 2 aromatic rings. The van der Waals surface area contributed by atoms with E-state index in [4.69, 9.17) is 18.0 Å². The smallest absolute Gasteiger partial charge is 0.387 e. The Balaban J connectivity index is 2.16. The largest absolute Gasteiger partial charge is 0.435 e. The number of nitrogens with two attached hydrogens (primary N) is 1. The maximum absolute atomic E-state index is 12.0. The number of halogens is 2. The first-order chi connectivity index (χ1) is 9.56. The molecule has 0 amide bonds. The number of hydrogen-bond acceptors (Lipinski definition) is 4. The van der Waals surface area contributed by atoms with Crippen LogP contribution < -0.4 is 15.8 Å². The number of rotatable bonds is 5. The lowest BCUT2D eigenvalue weighted by Gasteiger charge is -2.10. The normalized spacial score (nSPS) is 10.3. The van der Waals surface area contributed by atoms with E-state index in [-0.39, 0.29) is 10.7 Å². The van der Waals surface area contributed by atoms with Gasteiger partial charge < -0.3 is 15.8 Å². The molecule has 20 heavy (non-hydrogen) atoms. The van der Waals surface area contributed by atoms with Crippen LogP contribution in [0.4, 0.5) is 20.3 Å². The lowest BCUT2D eigenvalue weighted by atomic mass is 10.2. The number of benzene rings is 1. The monoisotopic (exact) mass is 295 g/mol. The van der Waals surface area contributed by atoms with Gasteiger partial charge in [-0.3, -0.25) is 0 Å². The van der Waals surface area contributed by atoms with Crippen LogP contribution in [0.2, 0.25) is 0 Å². The molecule has 0 fully saturated rings. The van der Waals surface area contributed by atoms with E-state index in [9.17, 15) is 8.78 Å². The van der Waals surface area contributed by atoms with Crippen LogP contribution in [-0.2, 0) is 0 Å². The second kappa shape index (κ2) is 6.25. The summed E-state index contributed by atoms with van der Waals surface area (Å²) in [6, 6.07) is 9.51. The van der Waals surface area contributed by atoms with E-state index in [1.165, 1.54) is 12.1 Å². The van der Waals surface area contributed by atoms with Crippen molar-refractivity contribution in [1.82, 2.24) is 4.98 Å². The van der Waals surface area contributed by atoms with Crippen molar-refractivity contribution in [2.24, 2.45) is 5.73 Å². The number of nitrogens with zero attached hydrogens (tertiary/aromatic N) is 1. The number of hydrogen-bond donors (Lipinski definition) is 2. The number of alkyl halides is 2. The number of thiocarbonyl (C=S) groups is 1. The van der Waals surface area contributed by atoms with Crippen molar-refractivity contribution in [2.45, 2.75) is 6.61 Å². The third-order valence-electron chi connectivity index (χ3n) is 2.42. The highest BCUT2D eigenvalue weighted by Crippen LogP contribution is 2.22. The summed E-state index contributed by atoms with van der Waals surface area (Å²) in [5, 5.41) is 3.01. The van der Waals surface area contributed by atoms with Gasteiger partial charge >= 0.3 is 6.61 Å². The molecule has 0 saturated carbocycles. The van der Waals surface area contributed by atoms with Gasteiger partial charge in [0.05, 0.1) is 5.56 Å². The van der Waals surface area contributed by atoms with E-state index < -0.39 is 6.61 Å². The van der Waals surface area contributed by atoms with Crippen LogP contribution in [-0.4, -0.2) is 16.6 Å². The molecule has 0 aliphatic rings. The van der Waals surface area contributed by atoms with Crippen molar-refractivity contribution < 1.29 is 13.5 Å². The maximum atomic E-state index is 12.0. The molecule has 104 valence electrons. The summed E-state index contributed by atoms with van der Waals surface area (Å²) in [5.41, 5.74) is 6.86. The minimum atomic E-state index is -2.84. The molecule has 0 radical (unpaired) electrons. The third-order valence-corrected chi connectivity index (χ3v) is 2.64. The van der Waals surface area contributed by atoms with Crippen molar-refractivity contribution in [3.8, 4) is 5.75 Å². The van der Waals surface area contributed by atoms with Gasteiger partial charge in [0.1, 0.15) is 16.6 Å². The standard InChI is InChI=1S/C13H11F2N3OS/c14-13(15)19-9-5-3-8(4-6-9)18-12-10(11(16)20)2-1-7-17-12/h1-7,13H,(H2,16,20)(H,17,18). The summed E-state index contributed by atoms with van der Waals surface area (Å²) in [6.45, 7) is -2.84. The van der Waals surface area contributed by atoms with E-state index in [0.29, 0.717) is 17.1 Å². The molecule has 0 aliphatic heterocycles. The molecule has 2 rings (SSSR count). The third kappa shape index (κ3) is 3.61. The topological polar surface area (TPSA) is 60.2 Å². The summed E-state index contributed by atoms with van der Waals surface area (Å²) < 4.78 is 28.3. The fourth-order valence-electron chi connectivity index (χ4n) is 1.56. The Morgan fingerprint density at radius 1 is 1.25 bits per heavy atom. The summed E-state index contributed by atoms with van der Waals surface area (Å²) >= 11 is 4.93. The predicted molar refractivity (Wildman–Crippen MR) is 76.5 cm³/mol. The molecule has 7 heteroatoms. The van der Waals surface area contributed by atoms with Crippen LogP contribution in [0.15, 0.2) is 42.6 Å². The molecule has 1 aromatic heterocycles. The van der Waals surface area contributed by atoms with Gasteiger partial charge in [0.15, 0.2) is 0 Å². The molecule has 4 nitrogen and oxygen atoms in total. The van der Waals surface area contributed by atoms with Gasteiger partial charge in [-0.1, -0.05) is 12.2 Å². The van der Waals surface area contributed by atoms with Crippen molar-refractivity contribution in [3.63, 3.8) is 0 Å². The zero-order chi connectivity index (χ0) is 14.5. The average molecular weight is 295 g/mol. The molecule has 1 heterocycles. The Labute approximate surface area is 119 Å². The first kappa shape index (κ1) is 14.1. The van der Waals surface area contributed by atoms with E-state index in [1.54, 1.807) is 30.5 Å². The van der Waals surface area contributed by atoms with Crippen molar-refractivity contribution in [1.29, 1.82) is 0 Å². The second-order valence-corrected chi connectivity index (χ2v) is 4.23. The van der Waals surface area contributed by atoms with Crippen LogP contribution in [0.1, 0.15) is 5.56 Å². The molecule has 0 spiro atoms. The lowest BCUT2D eigenvalue weighted by Crippen LogP contribution is -2.12. The van der Waals surface area contributed by atoms with Crippen molar-refractivity contribution >= 4 is 28.7 Å². The summed E-state index contributed by atoms with van der Waals surface area (Å²) in [4.78, 5) is 4.36. The SMILES string of the molecule is NC(=S)c1cccnc1Nc1ccc(OC(F)F)cc1. The van der Waals surface area contributed by atoms with Crippen molar-refractivity contribution in [2.75, 3.05) is 5.32 Å². The predicted octanol–water partition coefficient (Wildman–Crippen LogP) is 3.06. The Morgan fingerprint density at radius 3 is 2.55 bits per heavy atom. The zero-order valence-electron chi connectivity index (χ0n) is 10.2. The highest BCUT2D eigenvalue weighted by Gasteiger charge is 2.07. The first-order valence-electron chi connectivity index (χ1n) is 5.63. The van der Waals surface area contributed by atoms with Crippen LogP contribution in [0, 0.1) is 0 Å². The number of nitrogens with one attached hydrogen (secondary N) is 1. The maximum Gasteiger partial charge on any atom is 0.387 e. The fraction of sp³-hybridized carbons (Fsp3) is 0.0769. The van der Waals surface area contributed by atoms with Gasteiger partial charge in [0.2, 0.25) is 0 Å². The second-order valence-electron chi connectivity index (χ2n) is 3.79. The van der Waals surface area contributed by atoms with Crippen LogP contribution in [0.25, 0.3) is 0 Å². The molecule has 0 saturated heterocycles. The fourth-order valence-corrected chi connectivity index (χ4v) is 1.72. The summed E-state index contributed by atoms with van der Waals surface area (Å²) in [5.74, 6) is 0.587. The van der Waals surface area contributed by atoms with Gasteiger partial charge in [0, 0.05) is 11.9 Å². The van der Waals surface area contributed by atoms with Gasteiger partial charge in [0.25, 0.3) is 0 Å². The van der Waals surface area contributed by atoms with Crippen LogP contribution >= 0.6 is 12.2 Å². The Bertz CT molecular complexity index is 605. The molecule has 0 atom stereocenters. The minimum Gasteiger partial charge on any atom is -0.435 e. The molecule has 1 aromatic carbocycles. The van der Waals surface area contributed by atoms with Gasteiger partial charge in [-0.25, -0.2) is 4.98 Å². The molecule has 3 N–H and O–H groups in total. The number of ether oxygens (including phenoxy) is 1. The quantitative estimate of drug-likeness (QED) is 0.830.